The van der Waals surface area contributed by atoms with E-state index in [4.69, 9.17) is 16.3 Å². The van der Waals surface area contributed by atoms with Crippen LogP contribution in [-0.4, -0.2) is 33.2 Å². The van der Waals surface area contributed by atoms with Gasteiger partial charge in [0.05, 0.1) is 18.5 Å². The molecule has 1 N–H and O–H groups in total. The molecule has 0 saturated heterocycles. The van der Waals surface area contributed by atoms with Crippen LogP contribution in [0.2, 0.25) is 5.02 Å². The maximum atomic E-state index is 12.9. The zero-order chi connectivity index (χ0) is 19.8. The van der Waals surface area contributed by atoms with Gasteiger partial charge in [0.2, 0.25) is 10.0 Å². The number of carbonyl (C=O) groups is 1. The van der Waals surface area contributed by atoms with Crippen LogP contribution in [0.4, 0.5) is 11.4 Å². The molecule has 0 aliphatic carbocycles. The lowest BCUT2D eigenvalue weighted by atomic mass is 10.1. The number of rotatable bonds is 4. The van der Waals surface area contributed by atoms with Crippen LogP contribution >= 0.6 is 11.6 Å². The number of halogens is 1. The van der Waals surface area contributed by atoms with E-state index in [1.807, 2.05) is 32.0 Å². The second-order valence-corrected chi connectivity index (χ2v) is 8.81. The number of anilines is 2. The third-order valence-corrected chi connectivity index (χ3v) is 5.85. The number of sulfonamides is 1. The van der Waals surface area contributed by atoms with E-state index < -0.39 is 22.0 Å². The van der Waals surface area contributed by atoms with Crippen molar-refractivity contribution in [3.05, 3.63) is 52.5 Å². The Hall–Kier alpha value is -2.25. The van der Waals surface area contributed by atoms with Crippen molar-refractivity contribution in [3.63, 3.8) is 0 Å². The van der Waals surface area contributed by atoms with Crippen molar-refractivity contribution < 1.29 is 17.9 Å². The summed E-state index contributed by atoms with van der Waals surface area (Å²) in [7, 11) is -3.60. The second-order valence-electron chi connectivity index (χ2n) is 6.46. The number of amides is 1. The van der Waals surface area contributed by atoms with Crippen molar-refractivity contribution in [1.29, 1.82) is 0 Å². The van der Waals surface area contributed by atoms with Gasteiger partial charge in [0, 0.05) is 10.7 Å². The maximum absolute atomic E-state index is 12.9. The van der Waals surface area contributed by atoms with Crippen LogP contribution in [0.25, 0.3) is 0 Å². The summed E-state index contributed by atoms with van der Waals surface area (Å²) in [5, 5.41) is 3.29. The molecule has 0 unspecified atom stereocenters. The van der Waals surface area contributed by atoms with Gasteiger partial charge < -0.3 is 10.1 Å². The molecule has 1 atom stereocenters. The topological polar surface area (TPSA) is 75.7 Å². The summed E-state index contributed by atoms with van der Waals surface area (Å²) in [5.41, 5.74) is 3.01. The largest absolute Gasteiger partial charge is 0.476 e. The van der Waals surface area contributed by atoms with Crippen molar-refractivity contribution in [1.82, 2.24) is 0 Å². The van der Waals surface area contributed by atoms with Crippen LogP contribution in [-0.2, 0) is 21.2 Å². The van der Waals surface area contributed by atoms with Gasteiger partial charge in [-0.1, -0.05) is 36.7 Å². The van der Waals surface area contributed by atoms with Gasteiger partial charge in [0.25, 0.3) is 5.91 Å². The standard InChI is InChI=1S/C19H21ClN2O4S/c1-4-13-7-5-6-12(2)18(13)21-19(23)17-11-22(27(3,24)25)15-10-14(20)8-9-16(15)26-17/h5-10,17H,4,11H2,1-3H3,(H,21,23)/t17-/m0/s1. The van der Waals surface area contributed by atoms with Crippen molar-refractivity contribution >= 4 is 38.9 Å². The summed E-state index contributed by atoms with van der Waals surface area (Å²) < 4.78 is 31.4. The molecule has 0 fully saturated rings. The number of hydrogen-bond donors (Lipinski definition) is 1. The fraction of sp³-hybridized carbons (Fsp3) is 0.316. The van der Waals surface area contributed by atoms with E-state index in [0.29, 0.717) is 16.5 Å². The zero-order valence-corrected chi connectivity index (χ0v) is 16.9. The highest BCUT2D eigenvalue weighted by Gasteiger charge is 2.35. The number of benzene rings is 2. The molecule has 2 aromatic carbocycles. The van der Waals surface area contributed by atoms with E-state index in [9.17, 15) is 13.2 Å². The Morgan fingerprint density at radius 3 is 2.74 bits per heavy atom. The Morgan fingerprint density at radius 2 is 2.07 bits per heavy atom. The van der Waals surface area contributed by atoms with E-state index in [1.165, 1.54) is 6.07 Å². The fourth-order valence-electron chi connectivity index (χ4n) is 3.08. The number of para-hydroxylation sites is 1. The molecule has 0 bridgehead atoms. The zero-order valence-electron chi connectivity index (χ0n) is 15.3. The Kier molecular flexibility index (Phi) is 5.35. The third-order valence-electron chi connectivity index (χ3n) is 4.47. The number of fused-ring (bicyclic) bond motifs is 1. The molecular weight excluding hydrogens is 388 g/mol. The summed E-state index contributed by atoms with van der Waals surface area (Å²) >= 11 is 5.99. The molecule has 27 heavy (non-hydrogen) atoms. The van der Waals surface area contributed by atoms with Crippen LogP contribution in [0.1, 0.15) is 18.1 Å². The highest BCUT2D eigenvalue weighted by Crippen LogP contribution is 2.37. The molecule has 0 saturated carbocycles. The SMILES string of the molecule is CCc1cccc(C)c1NC(=O)[C@@H]1CN(S(C)(=O)=O)c2cc(Cl)ccc2O1. The molecule has 0 aromatic heterocycles. The molecule has 8 heteroatoms. The lowest BCUT2D eigenvalue weighted by molar-refractivity contribution is -0.122. The van der Waals surface area contributed by atoms with Gasteiger partial charge >= 0.3 is 0 Å². The summed E-state index contributed by atoms with van der Waals surface area (Å²) in [5.74, 6) is -0.0926. The third kappa shape index (κ3) is 4.04. The Bertz CT molecular complexity index is 991. The smallest absolute Gasteiger partial charge is 0.267 e. The first-order chi connectivity index (χ1) is 12.7. The first kappa shape index (κ1) is 19.5. The maximum Gasteiger partial charge on any atom is 0.267 e. The van der Waals surface area contributed by atoms with Crippen LogP contribution in [0, 0.1) is 6.92 Å². The van der Waals surface area contributed by atoms with Crippen molar-refractivity contribution in [2.75, 3.05) is 22.4 Å². The molecular formula is C19H21ClN2O4S. The van der Waals surface area contributed by atoms with Crippen LogP contribution in [0.3, 0.4) is 0 Å². The number of nitrogens with zero attached hydrogens (tertiary/aromatic N) is 1. The van der Waals surface area contributed by atoms with Crippen LogP contribution < -0.4 is 14.4 Å². The summed E-state index contributed by atoms with van der Waals surface area (Å²) in [6, 6.07) is 10.5. The van der Waals surface area contributed by atoms with E-state index in [1.54, 1.807) is 12.1 Å². The van der Waals surface area contributed by atoms with Crippen LogP contribution in [0.5, 0.6) is 5.75 Å². The Labute approximate surface area is 164 Å². The highest BCUT2D eigenvalue weighted by molar-refractivity contribution is 7.92. The van der Waals surface area contributed by atoms with Gasteiger partial charge in [0.1, 0.15) is 5.75 Å². The highest BCUT2D eigenvalue weighted by atomic mass is 35.5. The minimum absolute atomic E-state index is 0.120. The first-order valence-electron chi connectivity index (χ1n) is 8.54. The molecule has 1 aliphatic heterocycles. The van der Waals surface area contributed by atoms with Gasteiger partial charge in [-0.3, -0.25) is 9.10 Å². The summed E-state index contributed by atoms with van der Waals surface area (Å²) in [4.78, 5) is 12.9. The predicted molar refractivity (Wildman–Crippen MR) is 107 cm³/mol. The van der Waals surface area contributed by atoms with Crippen molar-refractivity contribution in [2.45, 2.75) is 26.4 Å². The summed E-state index contributed by atoms with van der Waals surface area (Å²) in [6.07, 6.45) is 0.881. The molecule has 3 rings (SSSR count). The average molecular weight is 409 g/mol. The van der Waals surface area contributed by atoms with E-state index in [0.717, 1.165) is 33.8 Å². The van der Waals surface area contributed by atoms with E-state index >= 15 is 0 Å². The monoisotopic (exact) mass is 408 g/mol. The van der Waals surface area contributed by atoms with Gasteiger partial charge in [0.15, 0.2) is 6.10 Å². The number of carbonyl (C=O) groups excluding carboxylic acids is 1. The molecule has 1 aliphatic rings. The Morgan fingerprint density at radius 1 is 1.33 bits per heavy atom. The van der Waals surface area contributed by atoms with E-state index in [2.05, 4.69) is 5.32 Å². The molecule has 1 amide bonds. The van der Waals surface area contributed by atoms with Gasteiger partial charge in [-0.05, 0) is 42.7 Å². The van der Waals surface area contributed by atoms with Gasteiger partial charge in [-0.2, -0.15) is 0 Å². The minimum atomic E-state index is -3.60. The molecule has 1 heterocycles. The quantitative estimate of drug-likeness (QED) is 0.841. The Balaban J connectivity index is 1.92. The lowest BCUT2D eigenvalue weighted by Crippen LogP contribution is -2.48. The number of nitrogens with one attached hydrogen (secondary N) is 1. The van der Waals surface area contributed by atoms with Gasteiger partial charge in [-0.25, -0.2) is 8.42 Å². The van der Waals surface area contributed by atoms with Crippen molar-refractivity contribution in [3.8, 4) is 5.75 Å². The molecule has 0 radical (unpaired) electrons. The van der Waals surface area contributed by atoms with Crippen LogP contribution in [0.15, 0.2) is 36.4 Å². The van der Waals surface area contributed by atoms with E-state index in [-0.39, 0.29) is 6.54 Å². The summed E-state index contributed by atoms with van der Waals surface area (Å²) in [6.45, 7) is 3.80. The van der Waals surface area contributed by atoms with Crippen molar-refractivity contribution in [2.24, 2.45) is 0 Å². The lowest BCUT2D eigenvalue weighted by Gasteiger charge is -2.34. The van der Waals surface area contributed by atoms with Gasteiger partial charge in [-0.15, -0.1) is 0 Å². The average Bonchev–Trinajstić information content (AvgIpc) is 2.61. The first-order valence-corrected chi connectivity index (χ1v) is 10.8. The molecule has 2 aromatic rings. The molecule has 6 nitrogen and oxygen atoms in total. The number of aryl methyl sites for hydroxylation is 2. The fourth-order valence-corrected chi connectivity index (χ4v) is 4.15. The minimum Gasteiger partial charge on any atom is -0.476 e. The second kappa shape index (κ2) is 7.40. The molecule has 144 valence electrons. The number of hydrogen-bond acceptors (Lipinski definition) is 4. The molecule has 0 spiro atoms. The normalized spacial score (nSPS) is 16.4. The predicted octanol–water partition coefficient (Wildman–Crippen LogP) is 3.38. The number of ether oxygens (including phenoxy) is 1.